The molecule has 0 radical (unpaired) electrons. The second-order valence-electron chi connectivity index (χ2n) is 2.44. The largest absolute Gasteiger partial charge is 0.501 e. The maximum atomic E-state index is 4.89. The minimum absolute atomic E-state index is 1.06. The molecular formula is C7H14N2O. The van der Waals surface area contributed by atoms with Crippen molar-refractivity contribution in [3.05, 3.63) is 12.1 Å². The van der Waals surface area contributed by atoms with E-state index in [4.69, 9.17) is 4.74 Å². The predicted molar refractivity (Wildman–Crippen MR) is 40.3 cm³/mol. The van der Waals surface area contributed by atoms with Crippen molar-refractivity contribution < 1.29 is 4.74 Å². The topological polar surface area (TPSA) is 24.5 Å². The number of hydrogen-bond acceptors (Lipinski definition) is 3. The summed E-state index contributed by atoms with van der Waals surface area (Å²) in [4.78, 5) is 2.15. The zero-order chi connectivity index (χ0) is 7.40. The first-order chi connectivity index (χ1) is 4.84. The molecule has 1 rings (SSSR count). The second kappa shape index (κ2) is 3.34. The highest BCUT2D eigenvalue weighted by Crippen LogP contribution is 2.03. The van der Waals surface area contributed by atoms with E-state index < -0.39 is 0 Å². The van der Waals surface area contributed by atoms with E-state index in [2.05, 4.69) is 17.3 Å². The minimum Gasteiger partial charge on any atom is -0.501 e. The first kappa shape index (κ1) is 7.25. The van der Waals surface area contributed by atoms with Crippen molar-refractivity contribution in [2.75, 3.05) is 27.2 Å². The number of methoxy groups -OCH3 is 1. The number of ether oxygens (including phenoxy) is 1. The van der Waals surface area contributed by atoms with E-state index in [-0.39, 0.29) is 0 Å². The van der Waals surface area contributed by atoms with Crippen molar-refractivity contribution in [2.24, 2.45) is 0 Å². The third kappa shape index (κ3) is 1.56. The molecule has 0 aromatic carbocycles. The minimum atomic E-state index is 1.06. The molecule has 0 aromatic rings. The van der Waals surface area contributed by atoms with E-state index in [1.54, 1.807) is 13.4 Å². The average molecular weight is 142 g/mol. The molecule has 58 valence electrons. The van der Waals surface area contributed by atoms with Crippen LogP contribution in [-0.4, -0.2) is 32.1 Å². The Kier molecular flexibility index (Phi) is 2.42. The summed E-state index contributed by atoms with van der Waals surface area (Å²) in [6.45, 7) is 2.17. The van der Waals surface area contributed by atoms with Gasteiger partial charge in [0.05, 0.1) is 7.11 Å². The van der Waals surface area contributed by atoms with Crippen LogP contribution >= 0.6 is 0 Å². The fourth-order valence-corrected chi connectivity index (χ4v) is 1.03. The van der Waals surface area contributed by atoms with Crippen molar-refractivity contribution in [1.82, 2.24) is 10.2 Å². The molecular weight excluding hydrogens is 128 g/mol. The van der Waals surface area contributed by atoms with Gasteiger partial charge in [-0.05, 0) is 6.42 Å². The van der Waals surface area contributed by atoms with E-state index in [1.807, 2.05) is 0 Å². The van der Waals surface area contributed by atoms with Gasteiger partial charge in [0.25, 0.3) is 0 Å². The molecule has 0 bridgehead atoms. The van der Waals surface area contributed by atoms with Crippen molar-refractivity contribution in [1.29, 1.82) is 0 Å². The highest BCUT2D eigenvalue weighted by atomic mass is 16.5. The van der Waals surface area contributed by atoms with Gasteiger partial charge in [0.15, 0.2) is 0 Å². The number of nitrogens with zero attached hydrogens (tertiary/aromatic N) is 1. The molecule has 3 heteroatoms. The van der Waals surface area contributed by atoms with Crippen LogP contribution in [-0.2, 0) is 4.74 Å². The molecule has 0 unspecified atom stereocenters. The Morgan fingerprint density at radius 2 is 2.50 bits per heavy atom. The van der Waals surface area contributed by atoms with Crippen molar-refractivity contribution in [3.8, 4) is 0 Å². The highest BCUT2D eigenvalue weighted by Gasteiger charge is 2.08. The Morgan fingerprint density at radius 3 is 3.10 bits per heavy atom. The van der Waals surface area contributed by atoms with E-state index in [9.17, 15) is 0 Å². The van der Waals surface area contributed by atoms with Gasteiger partial charge in [-0.3, -0.25) is 0 Å². The first-order valence-electron chi connectivity index (χ1n) is 3.52. The third-order valence-corrected chi connectivity index (χ3v) is 1.62. The van der Waals surface area contributed by atoms with Crippen LogP contribution in [0.4, 0.5) is 0 Å². The van der Waals surface area contributed by atoms with Gasteiger partial charge in [-0.1, -0.05) is 0 Å². The van der Waals surface area contributed by atoms with E-state index in [0.717, 1.165) is 18.9 Å². The molecule has 0 aliphatic carbocycles. The van der Waals surface area contributed by atoms with Crippen LogP contribution in [0.2, 0.25) is 0 Å². The van der Waals surface area contributed by atoms with Crippen LogP contribution < -0.4 is 5.32 Å². The van der Waals surface area contributed by atoms with Gasteiger partial charge in [-0.2, -0.15) is 0 Å². The van der Waals surface area contributed by atoms with Gasteiger partial charge in [0, 0.05) is 20.1 Å². The SMILES string of the molecule is CO/C=C1\NCCCN1C. The fourth-order valence-electron chi connectivity index (χ4n) is 1.03. The van der Waals surface area contributed by atoms with Crippen molar-refractivity contribution >= 4 is 0 Å². The Bertz CT molecular complexity index is 134. The Hall–Kier alpha value is -0.860. The molecule has 0 spiro atoms. The summed E-state index contributed by atoms with van der Waals surface area (Å²) < 4.78 is 4.89. The van der Waals surface area contributed by atoms with Crippen LogP contribution in [0, 0.1) is 0 Å². The highest BCUT2D eigenvalue weighted by molar-refractivity contribution is 4.96. The summed E-state index contributed by atoms with van der Waals surface area (Å²) in [5.41, 5.74) is 0. The molecule has 1 saturated heterocycles. The van der Waals surface area contributed by atoms with Gasteiger partial charge in [-0.25, -0.2) is 0 Å². The van der Waals surface area contributed by atoms with E-state index in [1.165, 1.54) is 6.42 Å². The molecule has 0 saturated carbocycles. The summed E-state index contributed by atoms with van der Waals surface area (Å²) >= 11 is 0. The molecule has 1 N–H and O–H groups in total. The molecule has 1 aliphatic rings. The van der Waals surface area contributed by atoms with Gasteiger partial charge in [-0.15, -0.1) is 0 Å². The van der Waals surface area contributed by atoms with E-state index >= 15 is 0 Å². The van der Waals surface area contributed by atoms with Crippen LogP contribution in [0.3, 0.4) is 0 Å². The summed E-state index contributed by atoms with van der Waals surface area (Å²) in [6.07, 6.45) is 2.94. The number of nitrogens with one attached hydrogen (secondary N) is 1. The average Bonchev–Trinajstić information content (AvgIpc) is 1.94. The molecule has 1 heterocycles. The Balaban J connectivity index is 2.47. The fraction of sp³-hybridized carbons (Fsp3) is 0.714. The van der Waals surface area contributed by atoms with Crippen molar-refractivity contribution in [2.45, 2.75) is 6.42 Å². The van der Waals surface area contributed by atoms with Gasteiger partial charge < -0.3 is 15.0 Å². The van der Waals surface area contributed by atoms with Crippen LogP contribution in [0.1, 0.15) is 6.42 Å². The second-order valence-corrected chi connectivity index (χ2v) is 2.44. The quantitative estimate of drug-likeness (QED) is 0.535. The molecule has 3 nitrogen and oxygen atoms in total. The Morgan fingerprint density at radius 1 is 1.70 bits per heavy atom. The summed E-state index contributed by atoms with van der Waals surface area (Å²) in [5.74, 6) is 1.08. The lowest BCUT2D eigenvalue weighted by Crippen LogP contribution is -2.36. The van der Waals surface area contributed by atoms with Gasteiger partial charge in [0.2, 0.25) is 0 Å². The van der Waals surface area contributed by atoms with Crippen molar-refractivity contribution in [3.63, 3.8) is 0 Å². The maximum Gasteiger partial charge on any atom is 0.137 e. The molecule has 0 atom stereocenters. The molecule has 0 amide bonds. The van der Waals surface area contributed by atoms with Gasteiger partial charge in [0.1, 0.15) is 12.1 Å². The standard InChI is InChI=1S/C7H14N2O/c1-9-5-3-4-8-7(9)6-10-2/h6,8H,3-5H2,1-2H3/b7-6+. The van der Waals surface area contributed by atoms with Gasteiger partial charge >= 0.3 is 0 Å². The Labute approximate surface area is 61.7 Å². The summed E-state index contributed by atoms with van der Waals surface area (Å²) in [6, 6.07) is 0. The van der Waals surface area contributed by atoms with Crippen LogP contribution in [0.25, 0.3) is 0 Å². The molecule has 1 fully saturated rings. The lowest BCUT2D eigenvalue weighted by atomic mass is 10.3. The number of rotatable bonds is 1. The zero-order valence-electron chi connectivity index (χ0n) is 6.55. The number of hydrogen-bond donors (Lipinski definition) is 1. The zero-order valence-corrected chi connectivity index (χ0v) is 6.55. The third-order valence-electron chi connectivity index (χ3n) is 1.62. The molecule has 10 heavy (non-hydrogen) atoms. The summed E-state index contributed by atoms with van der Waals surface area (Å²) in [7, 11) is 3.72. The molecule has 1 aliphatic heterocycles. The first-order valence-corrected chi connectivity index (χ1v) is 3.52. The maximum absolute atomic E-state index is 4.89. The monoisotopic (exact) mass is 142 g/mol. The summed E-state index contributed by atoms with van der Waals surface area (Å²) in [5, 5.41) is 3.23. The van der Waals surface area contributed by atoms with Crippen LogP contribution in [0.15, 0.2) is 12.1 Å². The normalized spacial score (nSPS) is 22.6. The predicted octanol–water partition coefficient (Wildman–Crippen LogP) is 0.357. The molecule has 0 aromatic heterocycles. The lowest BCUT2D eigenvalue weighted by Gasteiger charge is -2.27. The van der Waals surface area contributed by atoms with Crippen LogP contribution in [0.5, 0.6) is 0 Å². The smallest absolute Gasteiger partial charge is 0.137 e. The lowest BCUT2D eigenvalue weighted by molar-refractivity contribution is 0.277. The van der Waals surface area contributed by atoms with E-state index in [0.29, 0.717) is 0 Å².